The molecular weight excluding hydrogens is 470 g/mol. The molecule has 2 aliphatic heterocycles. The van der Waals surface area contributed by atoms with Crippen LogP contribution in [0.2, 0.25) is 0 Å². The van der Waals surface area contributed by atoms with Gasteiger partial charge in [-0.3, -0.25) is 19.4 Å². The number of rotatable bonds is 3. The molecule has 192 valence electrons. The van der Waals surface area contributed by atoms with Gasteiger partial charge in [-0.2, -0.15) is 0 Å². The van der Waals surface area contributed by atoms with E-state index < -0.39 is 0 Å². The summed E-state index contributed by atoms with van der Waals surface area (Å²) in [6.07, 6.45) is 5.95. The van der Waals surface area contributed by atoms with Crippen molar-refractivity contribution < 1.29 is 14.4 Å². The second-order valence-corrected chi connectivity index (χ2v) is 9.48. The van der Waals surface area contributed by atoms with Gasteiger partial charge < -0.3 is 19.7 Å². The Bertz CT molecular complexity index is 1250. The number of aryl methyl sites for hydroxylation is 1. The summed E-state index contributed by atoms with van der Waals surface area (Å²) in [7, 11) is 0. The van der Waals surface area contributed by atoms with E-state index in [4.69, 9.17) is 0 Å². The molecule has 0 spiro atoms. The fourth-order valence-corrected chi connectivity index (χ4v) is 5.04. The highest BCUT2D eigenvalue weighted by atomic mass is 16.2. The Morgan fingerprint density at radius 3 is 2.54 bits per heavy atom. The van der Waals surface area contributed by atoms with Crippen molar-refractivity contribution >= 4 is 17.7 Å². The van der Waals surface area contributed by atoms with Gasteiger partial charge in [-0.1, -0.05) is 18.2 Å². The van der Waals surface area contributed by atoms with Crippen LogP contribution in [-0.2, 0) is 22.6 Å². The van der Waals surface area contributed by atoms with Crippen LogP contribution in [0.4, 0.5) is 0 Å². The number of amides is 3. The van der Waals surface area contributed by atoms with Gasteiger partial charge in [0.25, 0.3) is 5.91 Å². The van der Waals surface area contributed by atoms with Crippen LogP contribution in [0.5, 0.6) is 0 Å². The van der Waals surface area contributed by atoms with Crippen LogP contribution in [0, 0.1) is 5.92 Å². The zero-order valence-corrected chi connectivity index (χ0v) is 20.8. The van der Waals surface area contributed by atoms with Gasteiger partial charge in [0.15, 0.2) is 5.82 Å². The molecule has 1 unspecified atom stereocenters. The molecular formula is C27H31N7O3. The number of hydrogen-bond acceptors (Lipinski definition) is 6. The third-order valence-electron chi connectivity index (χ3n) is 7.03. The molecule has 10 heteroatoms. The maximum absolute atomic E-state index is 13.6. The zero-order chi connectivity index (χ0) is 25.6. The Labute approximate surface area is 215 Å². The van der Waals surface area contributed by atoms with E-state index in [0.29, 0.717) is 57.5 Å². The van der Waals surface area contributed by atoms with Crippen molar-refractivity contribution in [2.45, 2.75) is 32.2 Å². The van der Waals surface area contributed by atoms with E-state index >= 15 is 0 Å². The van der Waals surface area contributed by atoms with Gasteiger partial charge in [0.2, 0.25) is 11.8 Å². The minimum Gasteiger partial charge on any atom is -0.353 e. The van der Waals surface area contributed by atoms with Crippen molar-refractivity contribution in [3.05, 3.63) is 66.2 Å². The smallest absolute Gasteiger partial charge is 0.253 e. The number of fused-ring (bicyclic) bond motifs is 1. The van der Waals surface area contributed by atoms with Crippen LogP contribution in [-0.4, -0.2) is 80.0 Å². The Morgan fingerprint density at radius 1 is 0.919 bits per heavy atom. The number of benzene rings is 1. The summed E-state index contributed by atoms with van der Waals surface area (Å²) in [5, 5.41) is 11.7. The molecule has 1 N–H and O–H groups in total. The molecule has 37 heavy (non-hydrogen) atoms. The summed E-state index contributed by atoms with van der Waals surface area (Å²) < 4.78 is 2.08. The predicted octanol–water partition coefficient (Wildman–Crippen LogP) is 1.78. The number of carbonyl (C=O) groups is 3. The van der Waals surface area contributed by atoms with Crippen LogP contribution < -0.4 is 5.32 Å². The average molecular weight is 502 g/mol. The molecule has 4 heterocycles. The summed E-state index contributed by atoms with van der Waals surface area (Å²) in [4.78, 5) is 46.6. The van der Waals surface area contributed by atoms with Crippen molar-refractivity contribution in [3.8, 4) is 11.4 Å². The normalized spacial score (nSPS) is 18.9. The summed E-state index contributed by atoms with van der Waals surface area (Å²) in [5.41, 5.74) is 1.50. The molecule has 0 saturated carbocycles. The molecule has 1 saturated heterocycles. The first kappa shape index (κ1) is 24.6. The lowest BCUT2D eigenvalue weighted by Gasteiger charge is -2.31. The third kappa shape index (κ3) is 5.68. The van der Waals surface area contributed by atoms with Crippen molar-refractivity contribution in [2.75, 3.05) is 32.7 Å². The first-order chi connectivity index (χ1) is 18.1. The van der Waals surface area contributed by atoms with Crippen LogP contribution in [0.1, 0.15) is 35.4 Å². The molecule has 10 nitrogen and oxygen atoms in total. The topological polar surface area (TPSA) is 113 Å². The number of piperazine rings is 1. The number of hydrogen-bond donors (Lipinski definition) is 1. The molecule has 0 bridgehead atoms. The molecule has 2 aromatic heterocycles. The van der Waals surface area contributed by atoms with Gasteiger partial charge in [0.05, 0.1) is 6.54 Å². The molecule has 1 fully saturated rings. The van der Waals surface area contributed by atoms with Crippen LogP contribution >= 0.6 is 0 Å². The molecule has 1 aromatic carbocycles. The minimum absolute atomic E-state index is 0.0408. The number of carbonyl (C=O) groups excluding carboxylic acids is 3. The van der Waals surface area contributed by atoms with Gasteiger partial charge in [0.1, 0.15) is 5.82 Å². The number of nitrogens with one attached hydrogen (secondary N) is 1. The Morgan fingerprint density at radius 2 is 1.76 bits per heavy atom. The van der Waals surface area contributed by atoms with E-state index in [2.05, 4.69) is 25.1 Å². The van der Waals surface area contributed by atoms with Crippen molar-refractivity contribution in [1.29, 1.82) is 0 Å². The van der Waals surface area contributed by atoms with Crippen LogP contribution in [0.3, 0.4) is 0 Å². The van der Waals surface area contributed by atoms with E-state index in [1.165, 1.54) is 0 Å². The number of pyridine rings is 1. The molecule has 1 atom stereocenters. The molecule has 3 amide bonds. The SMILES string of the molecule is O=C1CN(C(=O)C2CCN(C(=O)c3ccccc3)CCCc3nnc(-c4cccnc4)n3CC2)CCN1. The highest BCUT2D eigenvalue weighted by Gasteiger charge is 2.30. The zero-order valence-electron chi connectivity index (χ0n) is 20.8. The van der Waals surface area contributed by atoms with Gasteiger partial charge in [-0.25, -0.2) is 0 Å². The third-order valence-corrected chi connectivity index (χ3v) is 7.03. The molecule has 5 rings (SSSR count). The van der Waals surface area contributed by atoms with Crippen molar-refractivity contribution in [3.63, 3.8) is 0 Å². The van der Waals surface area contributed by atoms with Gasteiger partial charge in [-0.05, 0) is 43.5 Å². The molecule has 3 aromatic rings. The highest BCUT2D eigenvalue weighted by molar-refractivity contribution is 5.94. The number of nitrogens with zero attached hydrogens (tertiary/aromatic N) is 6. The van der Waals surface area contributed by atoms with Gasteiger partial charge in [0, 0.05) is 68.6 Å². The number of aromatic nitrogens is 4. The van der Waals surface area contributed by atoms with E-state index in [1.807, 2.05) is 47.4 Å². The molecule has 0 radical (unpaired) electrons. The maximum Gasteiger partial charge on any atom is 0.253 e. The predicted molar refractivity (Wildman–Crippen MR) is 136 cm³/mol. The average Bonchev–Trinajstić information content (AvgIpc) is 3.33. The summed E-state index contributed by atoms with van der Waals surface area (Å²) in [6.45, 7) is 2.61. The summed E-state index contributed by atoms with van der Waals surface area (Å²) >= 11 is 0. The Kier molecular flexibility index (Phi) is 7.53. The van der Waals surface area contributed by atoms with Crippen LogP contribution in [0.15, 0.2) is 54.9 Å². The van der Waals surface area contributed by atoms with Gasteiger partial charge in [-0.15, -0.1) is 10.2 Å². The van der Waals surface area contributed by atoms with Crippen molar-refractivity contribution in [1.82, 2.24) is 34.9 Å². The first-order valence-electron chi connectivity index (χ1n) is 12.8. The standard InChI is InChI=1S/C27H31N7O3/c35-24-19-33(17-13-29-24)27(37)21-10-15-32(26(36)20-6-2-1-3-7-20)14-5-9-23-30-31-25(34(23)16-11-21)22-8-4-12-28-18-22/h1-4,6-8,12,18,21H,5,9-11,13-17,19H2,(H,29,35). The Hall–Kier alpha value is -4.08. The second kappa shape index (κ2) is 11.3. The maximum atomic E-state index is 13.6. The van der Waals surface area contributed by atoms with E-state index in [1.54, 1.807) is 17.3 Å². The van der Waals surface area contributed by atoms with E-state index in [0.717, 1.165) is 23.6 Å². The summed E-state index contributed by atoms with van der Waals surface area (Å²) in [6, 6.07) is 13.1. The highest BCUT2D eigenvalue weighted by Crippen LogP contribution is 2.23. The van der Waals surface area contributed by atoms with Gasteiger partial charge >= 0.3 is 0 Å². The summed E-state index contributed by atoms with van der Waals surface area (Å²) in [5.74, 6) is 0.989. The fraction of sp³-hybridized carbons (Fsp3) is 0.407. The Balaban J connectivity index is 1.43. The quantitative estimate of drug-likeness (QED) is 0.585. The van der Waals surface area contributed by atoms with Crippen molar-refractivity contribution in [2.24, 2.45) is 5.92 Å². The first-order valence-corrected chi connectivity index (χ1v) is 12.8. The molecule has 2 aliphatic rings. The lowest BCUT2D eigenvalue weighted by Crippen LogP contribution is -2.52. The largest absolute Gasteiger partial charge is 0.353 e. The fourth-order valence-electron chi connectivity index (χ4n) is 5.04. The van der Waals surface area contributed by atoms with E-state index in [-0.39, 0.29) is 30.2 Å². The lowest BCUT2D eigenvalue weighted by atomic mass is 9.98. The minimum atomic E-state index is -0.341. The monoisotopic (exact) mass is 501 g/mol. The van der Waals surface area contributed by atoms with E-state index in [9.17, 15) is 14.4 Å². The lowest BCUT2D eigenvalue weighted by molar-refractivity contribution is -0.142. The molecule has 0 aliphatic carbocycles. The van der Waals surface area contributed by atoms with Crippen LogP contribution in [0.25, 0.3) is 11.4 Å². The second-order valence-electron chi connectivity index (χ2n) is 9.48.